The SMILES string of the molecule is CCNCc1cncn1CC(C)(C)OCC. The van der Waals surface area contributed by atoms with E-state index in [0.29, 0.717) is 0 Å². The van der Waals surface area contributed by atoms with Crippen LogP contribution in [0.4, 0.5) is 0 Å². The average molecular weight is 225 g/mol. The van der Waals surface area contributed by atoms with E-state index in [0.717, 1.165) is 26.2 Å². The first-order chi connectivity index (χ1) is 7.59. The Morgan fingerprint density at radius 3 is 2.81 bits per heavy atom. The summed E-state index contributed by atoms with van der Waals surface area (Å²) in [6.07, 6.45) is 3.78. The van der Waals surface area contributed by atoms with Gasteiger partial charge in [0.2, 0.25) is 0 Å². The Bertz CT molecular complexity index is 307. The minimum atomic E-state index is -0.142. The molecule has 0 aliphatic rings. The molecule has 4 nitrogen and oxygen atoms in total. The summed E-state index contributed by atoms with van der Waals surface area (Å²) in [5, 5.41) is 3.31. The average Bonchev–Trinajstić information content (AvgIpc) is 2.61. The number of hydrogen-bond donors (Lipinski definition) is 1. The van der Waals surface area contributed by atoms with Crippen molar-refractivity contribution in [2.45, 2.75) is 46.4 Å². The first-order valence-corrected chi connectivity index (χ1v) is 5.92. The summed E-state index contributed by atoms with van der Waals surface area (Å²) in [6, 6.07) is 0. The van der Waals surface area contributed by atoms with Gasteiger partial charge in [-0.05, 0) is 27.3 Å². The first kappa shape index (κ1) is 13.2. The Kier molecular flexibility index (Phi) is 4.96. The second-order valence-corrected chi connectivity index (χ2v) is 4.49. The van der Waals surface area contributed by atoms with E-state index in [2.05, 4.69) is 35.6 Å². The van der Waals surface area contributed by atoms with Crippen LogP contribution in [0.25, 0.3) is 0 Å². The summed E-state index contributed by atoms with van der Waals surface area (Å²) in [7, 11) is 0. The number of aromatic nitrogens is 2. The molecular formula is C12H23N3O. The van der Waals surface area contributed by atoms with Gasteiger partial charge in [-0.15, -0.1) is 0 Å². The van der Waals surface area contributed by atoms with Gasteiger partial charge in [0.05, 0.1) is 24.2 Å². The summed E-state index contributed by atoms with van der Waals surface area (Å²) in [5.41, 5.74) is 1.06. The number of rotatable bonds is 7. The van der Waals surface area contributed by atoms with Crippen molar-refractivity contribution in [3.63, 3.8) is 0 Å². The molecule has 0 saturated carbocycles. The fourth-order valence-corrected chi connectivity index (χ4v) is 1.74. The monoisotopic (exact) mass is 225 g/mol. The van der Waals surface area contributed by atoms with E-state index < -0.39 is 0 Å². The number of imidazole rings is 1. The molecule has 0 radical (unpaired) electrons. The Balaban J connectivity index is 2.62. The molecule has 92 valence electrons. The lowest BCUT2D eigenvalue weighted by atomic mass is 10.1. The van der Waals surface area contributed by atoms with E-state index in [1.807, 2.05) is 19.4 Å². The summed E-state index contributed by atoms with van der Waals surface area (Å²) < 4.78 is 7.84. The third-order valence-corrected chi connectivity index (χ3v) is 2.44. The smallest absolute Gasteiger partial charge is 0.0949 e. The van der Waals surface area contributed by atoms with E-state index >= 15 is 0 Å². The van der Waals surface area contributed by atoms with Gasteiger partial charge in [0, 0.05) is 19.3 Å². The van der Waals surface area contributed by atoms with Crippen molar-refractivity contribution < 1.29 is 4.74 Å². The van der Waals surface area contributed by atoms with Crippen molar-refractivity contribution >= 4 is 0 Å². The highest BCUT2D eigenvalue weighted by molar-refractivity contribution is 4.99. The van der Waals surface area contributed by atoms with Gasteiger partial charge in [0.15, 0.2) is 0 Å². The Morgan fingerprint density at radius 2 is 2.19 bits per heavy atom. The molecule has 0 spiro atoms. The van der Waals surface area contributed by atoms with Gasteiger partial charge in [0.25, 0.3) is 0 Å². The van der Waals surface area contributed by atoms with E-state index in [9.17, 15) is 0 Å². The lowest BCUT2D eigenvalue weighted by Gasteiger charge is -2.26. The third-order valence-electron chi connectivity index (χ3n) is 2.44. The quantitative estimate of drug-likeness (QED) is 0.769. The number of hydrogen-bond acceptors (Lipinski definition) is 3. The maximum Gasteiger partial charge on any atom is 0.0949 e. The molecule has 0 aromatic carbocycles. The largest absolute Gasteiger partial charge is 0.374 e. The molecule has 0 fully saturated rings. The molecule has 0 aliphatic heterocycles. The van der Waals surface area contributed by atoms with Gasteiger partial charge in [-0.25, -0.2) is 4.98 Å². The van der Waals surface area contributed by atoms with Crippen LogP contribution in [0.1, 0.15) is 33.4 Å². The second kappa shape index (κ2) is 6.01. The van der Waals surface area contributed by atoms with Gasteiger partial charge in [-0.2, -0.15) is 0 Å². The fourth-order valence-electron chi connectivity index (χ4n) is 1.74. The molecule has 0 unspecified atom stereocenters. The maximum absolute atomic E-state index is 5.69. The zero-order valence-electron chi connectivity index (χ0n) is 10.8. The predicted octanol–water partition coefficient (Wildman–Crippen LogP) is 1.81. The van der Waals surface area contributed by atoms with Crippen LogP contribution in [-0.2, 0) is 17.8 Å². The van der Waals surface area contributed by atoms with Gasteiger partial charge in [-0.3, -0.25) is 0 Å². The Morgan fingerprint density at radius 1 is 1.44 bits per heavy atom. The molecule has 1 N–H and O–H groups in total. The van der Waals surface area contributed by atoms with E-state index in [1.165, 1.54) is 5.69 Å². The molecule has 1 rings (SSSR count). The van der Waals surface area contributed by atoms with Crippen LogP contribution in [0, 0.1) is 0 Å². The van der Waals surface area contributed by atoms with E-state index in [-0.39, 0.29) is 5.60 Å². The number of nitrogens with one attached hydrogen (secondary N) is 1. The highest BCUT2D eigenvalue weighted by atomic mass is 16.5. The lowest BCUT2D eigenvalue weighted by molar-refractivity contribution is -0.0229. The maximum atomic E-state index is 5.69. The van der Waals surface area contributed by atoms with Gasteiger partial charge in [-0.1, -0.05) is 6.92 Å². The predicted molar refractivity (Wildman–Crippen MR) is 65.3 cm³/mol. The molecule has 0 atom stereocenters. The number of ether oxygens (including phenoxy) is 1. The van der Waals surface area contributed by atoms with Crippen molar-refractivity contribution in [3.8, 4) is 0 Å². The molecule has 1 aromatic heterocycles. The van der Waals surface area contributed by atoms with Crippen molar-refractivity contribution in [2.75, 3.05) is 13.2 Å². The Labute approximate surface area is 98.0 Å². The summed E-state index contributed by atoms with van der Waals surface area (Å²) in [5.74, 6) is 0. The highest BCUT2D eigenvalue weighted by Gasteiger charge is 2.19. The van der Waals surface area contributed by atoms with Crippen LogP contribution < -0.4 is 5.32 Å². The molecule has 0 saturated heterocycles. The van der Waals surface area contributed by atoms with Crippen molar-refractivity contribution in [1.29, 1.82) is 0 Å². The minimum Gasteiger partial charge on any atom is -0.374 e. The van der Waals surface area contributed by atoms with Crippen LogP contribution >= 0.6 is 0 Å². The Hall–Kier alpha value is -0.870. The molecule has 4 heteroatoms. The molecule has 0 aliphatic carbocycles. The van der Waals surface area contributed by atoms with Gasteiger partial charge in [0.1, 0.15) is 0 Å². The zero-order chi connectivity index (χ0) is 12.0. The molecule has 0 amide bonds. The van der Waals surface area contributed by atoms with E-state index in [1.54, 1.807) is 0 Å². The minimum absolute atomic E-state index is 0.142. The standard InChI is InChI=1S/C12H23N3O/c1-5-13-7-11-8-14-10-15(11)9-12(3,4)16-6-2/h8,10,13H,5-7,9H2,1-4H3. The van der Waals surface area contributed by atoms with Gasteiger partial charge < -0.3 is 14.6 Å². The lowest BCUT2D eigenvalue weighted by Crippen LogP contribution is -2.31. The molecular weight excluding hydrogens is 202 g/mol. The highest BCUT2D eigenvalue weighted by Crippen LogP contribution is 2.13. The van der Waals surface area contributed by atoms with Crippen LogP contribution in [0.5, 0.6) is 0 Å². The van der Waals surface area contributed by atoms with Crippen LogP contribution in [0.2, 0.25) is 0 Å². The van der Waals surface area contributed by atoms with E-state index in [4.69, 9.17) is 4.74 Å². The van der Waals surface area contributed by atoms with Crippen molar-refractivity contribution in [2.24, 2.45) is 0 Å². The summed E-state index contributed by atoms with van der Waals surface area (Å²) in [6.45, 7) is 11.7. The second-order valence-electron chi connectivity index (χ2n) is 4.49. The molecule has 1 heterocycles. The third kappa shape index (κ3) is 3.94. The van der Waals surface area contributed by atoms with Crippen LogP contribution in [-0.4, -0.2) is 28.3 Å². The fraction of sp³-hybridized carbons (Fsp3) is 0.750. The zero-order valence-corrected chi connectivity index (χ0v) is 10.8. The topological polar surface area (TPSA) is 39.1 Å². The molecule has 16 heavy (non-hydrogen) atoms. The van der Waals surface area contributed by atoms with Gasteiger partial charge >= 0.3 is 0 Å². The first-order valence-electron chi connectivity index (χ1n) is 5.92. The van der Waals surface area contributed by atoms with Crippen LogP contribution in [0.15, 0.2) is 12.5 Å². The van der Waals surface area contributed by atoms with Crippen molar-refractivity contribution in [1.82, 2.24) is 14.9 Å². The molecule has 1 aromatic rings. The summed E-state index contributed by atoms with van der Waals surface area (Å²) >= 11 is 0. The van der Waals surface area contributed by atoms with Crippen molar-refractivity contribution in [3.05, 3.63) is 18.2 Å². The van der Waals surface area contributed by atoms with Crippen LogP contribution in [0.3, 0.4) is 0 Å². The normalized spacial score (nSPS) is 12.0. The number of nitrogens with zero attached hydrogens (tertiary/aromatic N) is 2. The molecule has 0 bridgehead atoms. The summed E-state index contributed by atoms with van der Waals surface area (Å²) in [4.78, 5) is 4.19.